The third-order valence-corrected chi connectivity index (χ3v) is 5.99. The van der Waals surface area contributed by atoms with Gasteiger partial charge < -0.3 is 25.9 Å². The number of nitrogens with zero attached hydrogens (tertiary/aromatic N) is 4. The lowest BCUT2D eigenvalue weighted by Crippen LogP contribution is -2.73. The number of fused-ring (bicyclic) bond motifs is 1. The number of nitrogens with one attached hydrogen (secondary N) is 1. The molecule has 2 aliphatic rings. The molecule has 0 bridgehead atoms. The second-order valence-corrected chi connectivity index (χ2v) is 7.52. The van der Waals surface area contributed by atoms with Crippen LogP contribution in [0.25, 0.3) is 0 Å². The number of oxime groups is 1. The van der Waals surface area contributed by atoms with Crippen LogP contribution in [0.1, 0.15) is 12.7 Å². The number of carbonyl (C=O) groups is 3. The van der Waals surface area contributed by atoms with E-state index in [1.807, 2.05) is 0 Å². The van der Waals surface area contributed by atoms with Crippen molar-refractivity contribution < 1.29 is 24.3 Å². The van der Waals surface area contributed by atoms with E-state index in [1.54, 1.807) is 6.92 Å². The summed E-state index contributed by atoms with van der Waals surface area (Å²) in [5, 5.41) is 15.2. The lowest BCUT2D eigenvalue weighted by Gasteiger charge is -2.53. The highest BCUT2D eigenvalue weighted by molar-refractivity contribution is 8.00. The van der Waals surface area contributed by atoms with Crippen molar-refractivity contribution in [1.82, 2.24) is 20.2 Å². The summed E-state index contributed by atoms with van der Waals surface area (Å²) in [4.78, 5) is 50.4. The van der Waals surface area contributed by atoms with Gasteiger partial charge in [-0.2, -0.15) is 0 Å². The number of rotatable bonds is 5. The second kappa shape index (κ2) is 7.02. The molecule has 3 atom stereocenters. The minimum atomic E-state index is -1.01. The third kappa shape index (κ3) is 3.39. The quantitative estimate of drug-likeness (QED) is 0.320. The van der Waals surface area contributed by atoms with E-state index in [1.165, 1.54) is 36.0 Å². The maximum absolute atomic E-state index is 12.6. The Hall–Kier alpha value is -2.89. The number of aliphatic carboxylic acids is 1. The fourth-order valence-corrected chi connectivity index (χ4v) is 4.29. The summed E-state index contributed by atoms with van der Waals surface area (Å²) in [7, 11) is 1.26. The average molecular weight is 394 g/mol. The van der Waals surface area contributed by atoms with Crippen LogP contribution in [0.2, 0.25) is 0 Å². The summed E-state index contributed by atoms with van der Waals surface area (Å²) in [6.07, 6.45) is 1.37. The van der Waals surface area contributed by atoms with Crippen LogP contribution in [0.15, 0.2) is 17.4 Å². The highest BCUT2D eigenvalue weighted by Gasteiger charge is 2.56. The van der Waals surface area contributed by atoms with Crippen molar-refractivity contribution in [2.75, 3.05) is 25.1 Å². The lowest BCUT2D eigenvalue weighted by molar-refractivity contribution is -0.157. The van der Waals surface area contributed by atoms with Gasteiger partial charge in [-0.3, -0.25) is 14.4 Å². The summed E-state index contributed by atoms with van der Waals surface area (Å²) in [6, 6.07) is 0.668. The van der Waals surface area contributed by atoms with Crippen LogP contribution in [-0.4, -0.2) is 74.3 Å². The van der Waals surface area contributed by atoms with E-state index >= 15 is 0 Å². The number of hydrogen-bond acceptors (Lipinski definition) is 9. The van der Waals surface area contributed by atoms with Gasteiger partial charge in [0, 0.05) is 18.5 Å². The molecule has 144 valence electrons. The molecule has 4 N–H and O–H groups in total. The zero-order valence-corrected chi connectivity index (χ0v) is 15.4. The molecule has 0 spiro atoms. The molecule has 0 radical (unpaired) electrons. The number of carboxylic acids is 1. The normalized spacial score (nSPS) is 27.4. The zero-order chi connectivity index (χ0) is 19.8. The van der Waals surface area contributed by atoms with Crippen molar-refractivity contribution in [3.8, 4) is 0 Å². The Morgan fingerprint density at radius 1 is 1.56 bits per heavy atom. The Labute approximate surface area is 158 Å². The van der Waals surface area contributed by atoms with E-state index in [-0.39, 0.29) is 35.2 Å². The molecular formula is C15H18N6O5S. The van der Waals surface area contributed by atoms with Crippen molar-refractivity contribution in [3.63, 3.8) is 0 Å². The first kappa shape index (κ1) is 18.9. The van der Waals surface area contributed by atoms with Gasteiger partial charge in [-0.05, 0) is 13.0 Å². The standard InChI is InChI=1S/C15H18N6O5S/c1-15(14(24)25)5-21-12(23)9(13(21)27-6-15)19-11(22)8(20-26-2)10-17-4-3-7(16)18-10/h3-4,9,13H,5-6H2,1-2H3,(H,19,22)(H,24,25)(H2,16,17,18)/t9?,13-,15?/m1/s1. The molecule has 0 aromatic carbocycles. The Kier molecular flexibility index (Phi) is 4.91. The van der Waals surface area contributed by atoms with Gasteiger partial charge in [-0.1, -0.05) is 5.16 Å². The summed E-state index contributed by atoms with van der Waals surface area (Å²) < 4.78 is 0. The summed E-state index contributed by atoms with van der Waals surface area (Å²) in [5.74, 6) is -1.54. The number of nitrogens with two attached hydrogens (primary N) is 1. The smallest absolute Gasteiger partial charge is 0.312 e. The predicted octanol–water partition coefficient (Wildman–Crippen LogP) is -1.10. The Morgan fingerprint density at radius 3 is 2.93 bits per heavy atom. The van der Waals surface area contributed by atoms with Gasteiger partial charge in [0.15, 0.2) is 5.82 Å². The van der Waals surface area contributed by atoms with Crippen LogP contribution in [-0.2, 0) is 19.2 Å². The van der Waals surface area contributed by atoms with Gasteiger partial charge >= 0.3 is 5.97 Å². The SMILES string of the molecule is CON=C(C(=O)NC1C(=O)N2CC(C)(C(=O)O)CS[C@H]12)c1nccc(N)n1. The number of carbonyl (C=O) groups excluding carboxylic acids is 2. The molecule has 2 aliphatic heterocycles. The van der Waals surface area contributed by atoms with Gasteiger partial charge in [-0.15, -0.1) is 11.8 Å². The van der Waals surface area contributed by atoms with Gasteiger partial charge in [-0.25, -0.2) is 9.97 Å². The van der Waals surface area contributed by atoms with Crippen molar-refractivity contribution in [3.05, 3.63) is 18.1 Å². The van der Waals surface area contributed by atoms with Gasteiger partial charge in [0.1, 0.15) is 24.3 Å². The van der Waals surface area contributed by atoms with E-state index in [0.29, 0.717) is 5.75 Å². The third-order valence-electron chi connectivity index (χ3n) is 4.32. The molecule has 27 heavy (non-hydrogen) atoms. The number of anilines is 1. The summed E-state index contributed by atoms with van der Waals surface area (Å²) in [6.45, 7) is 1.70. The first-order valence-electron chi connectivity index (χ1n) is 7.93. The molecule has 0 saturated carbocycles. The number of amides is 2. The number of nitrogen functional groups attached to an aromatic ring is 1. The highest BCUT2D eigenvalue weighted by Crippen LogP contribution is 2.41. The topological polar surface area (TPSA) is 160 Å². The van der Waals surface area contributed by atoms with E-state index in [9.17, 15) is 19.5 Å². The first-order valence-corrected chi connectivity index (χ1v) is 8.98. The second-order valence-electron chi connectivity index (χ2n) is 6.41. The van der Waals surface area contributed by atoms with E-state index in [2.05, 4.69) is 25.3 Å². The van der Waals surface area contributed by atoms with Gasteiger partial charge in [0.2, 0.25) is 11.6 Å². The monoisotopic (exact) mass is 394 g/mol. The van der Waals surface area contributed by atoms with Crippen molar-refractivity contribution in [2.45, 2.75) is 18.3 Å². The van der Waals surface area contributed by atoms with Crippen molar-refractivity contribution in [1.29, 1.82) is 0 Å². The minimum absolute atomic E-state index is 0.0345. The Balaban J connectivity index is 1.72. The van der Waals surface area contributed by atoms with Crippen molar-refractivity contribution in [2.24, 2.45) is 10.6 Å². The zero-order valence-electron chi connectivity index (χ0n) is 14.6. The highest BCUT2D eigenvalue weighted by atomic mass is 32.2. The molecule has 12 heteroatoms. The molecule has 3 rings (SSSR count). The fraction of sp³-hybridized carbons (Fsp3) is 0.467. The molecule has 2 saturated heterocycles. The molecule has 1 aromatic rings. The first-order chi connectivity index (χ1) is 12.8. The molecule has 1 aromatic heterocycles. The van der Waals surface area contributed by atoms with Gasteiger partial charge in [0.25, 0.3) is 5.91 Å². The van der Waals surface area contributed by atoms with Gasteiger partial charge in [0.05, 0.1) is 5.41 Å². The molecule has 2 amide bonds. The lowest BCUT2D eigenvalue weighted by atomic mass is 9.89. The van der Waals surface area contributed by atoms with Crippen LogP contribution in [0, 0.1) is 5.41 Å². The molecule has 0 aliphatic carbocycles. The van der Waals surface area contributed by atoms with Crippen LogP contribution in [0.3, 0.4) is 0 Å². The number of aromatic nitrogens is 2. The Bertz CT molecular complexity index is 833. The number of thioether (sulfide) groups is 1. The average Bonchev–Trinajstić information content (AvgIpc) is 2.64. The number of carboxylic acid groups (broad SMARTS) is 1. The molecular weight excluding hydrogens is 376 g/mol. The molecule has 3 heterocycles. The summed E-state index contributed by atoms with van der Waals surface area (Å²) in [5.41, 5.74) is 4.37. The van der Waals surface area contributed by atoms with E-state index in [0.717, 1.165) is 0 Å². The minimum Gasteiger partial charge on any atom is -0.481 e. The maximum Gasteiger partial charge on any atom is 0.312 e. The fourth-order valence-electron chi connectivity index (χ4n) is 2.80. The van der Waals surface area contributed by atoms with Crippen LogP contribution < -0.4 is 11.1 Å². The molecule has 2 fully saturated rings. The number of hydrogen-bond donors (Lipinski definition) is 3. The number of β-lactam (4-membered cyclic amide) rings is 1. The summed E-state index contributed by atoms with van der Waals surface area (Å²) >= 11 is 1.31. The molecule has 11 nitrogen and oxygen atoms in total. The largest absolute Gasteiger partial charge is 0.481 e. The maximum atomic E-state index is 12.6. The predicted molar refractivity (Wildman–Crippen MR) is 95.6 cm³/mol. The van der Waals surface area contributed by atoms with E-state index in [4.69, 9.17) is 5.73 Å². The van der Waals surface area contributed by atoms with E-state index < -0.39 is 23.3 Å². The van der Waals surface area contributed by atoms with Crippen LogP contribution in [0.5, 0.6) is 0 Å². The Morgan fingerprint density at radius 2 is 2.30 bits per heavy atom. The van der Waals surface area contributed by atoms with Crippen LogP contribution >= 0.6 is 11.8 Å². The molecule has 2 unspecified atom stereocenters. The van der Waals surface area contributed by atoms with Crippen LogP contribution in [0.4, 0.5) is 5.82 Å². The van der Waals surface area contributed by atoms with Crippen molar-refractivity contribution >= 4 is 41.1 Å².